The summed E-state index contributed by atoms with van der Waals surface area (Å²) in [5.74, 6) is 1.07. The molecule has 3 aromatic rings. The lowest BCUT2D eigenvalue weighted by Crippen LogP contribution is -2.00. The molecule has 36 heavy (non-hydrogen) atoms. The Hall–Kier alpha value is -2.06. The zero-order chi connectivity index (χ0) is 24.4. The summed E-state index contributed by atoms with van der Waals surface area (Å²) >= 11 is 0. The molecule has 0 atom stereocenters. The van der Waals surface area contributed by atoms with Gasteiger partial charge in [-0.15, -0.1) is 12.4 Å². The smallest absolute Gasteiger partial charge is 0.133 e. The van der Waals surface area contributed by atoms with Crippen molar-refractivity contribution >= 4 is 35.6 Å². The largest absolute Gasteiger partial charge is 0.324 e. The van der Waals surface area contributed by atoms with Crippen molar-refractivity contribution in [3.63, 3.8) is 0 Å². The number of nitrogens with zero attached hydrogens (tertiary/aromatic N) is 2. The van der Waals surface area contributed by atoms with E-state index in [9.17, 15) is 0 Å². The molecule has 2 aromatic carbocycles. The molecule has 3 rings (SSSR count). The molecule has 198 valence electrons. The molecule has 0 fully saturated rings. The van der Waals surface area contributed by atoms with E-state index in [2.05, 4.69) is 78.2 Å². The molecule has 3 heteroatoms. The third-order valence-corrected chi connectivity index (χ3v) is 7.14. The highest BCUT2D eigenvalue weighted by atomic mass is 35.5. The number of aromatic nitrogens is 2. The Morgan fingerprint density at radius 2 is 1.08 bits per heavy atom. The van der Waals surface area contributed by atoms with Crippen molar-refractivity contribution in [2.45, 2.75) is 116 Å². The minimum atomic E-state index is 0. The highest BCUT2D eigenvalue weighted by molar-refractivity contribution is 5.85. The van der Waals surface area contributed by atoms with Crippen LogP contribution in [-0.2, 0) is 6.54 Å². The second-order valence-corrected chi connectivity index (χ2v) is 10.2. The standard InChI is InChI=1S/C33H48N2.ClH/c1-2-3-4-5-6-7-8-9-10-11-12-13-14-15-16-22-29-35-32-26-21-20-25-31(32)34-33(35)28-27-30-23-18-17-19-24-30;/h17-21,23-28H,2-16,22,29H2,1H3;1H/b28-27+;. The number of halogens is 1. The lowest BCUT2D eigenvalue weighted by atomic mass is 10.0. The fourth-order valence-electron chi connectivity index (χ4n) is 5.01. The van der Waals surface area contributed by atoms with E-state index in [1.54, 1.807) is 0 Å². The maximum absolute atomic E-state index is 4.90. The van der Waals surface area contributed by atoms with Crippen molar-refractivity contribution < 1.29 is 0 Å². The summed E-state index contributed by atoms with van der Waals surface area (Å²) in [5.41, 5.74) is 3.56. The zero-order valence-electron chi connectivity index (χ0n) is 22.7. The summed E-state index contributed by atoms with van der Waals surface area (Å²) in [6, 6.07) is 19.0. The van der Waals surface area contributed by atoms with Gasteiger partial charge in [-0.3, -0.25) is 0 Å². The molecule has 0 saturated carbocycles. The number of benzene rings is 2. The maximum Gasteiger partial charge on any atom is 0.133 e. The van der Waals surface area contributed by atoms with Gasteiger partial charge in [0.1, 0.15) is 5.82 Å². The predicted octanol–water partition coefficient (Wildman–Crippen LogP) is 10.9. The van der Waals surface area contributed by atoms with E-state index in [-0.39, 0.29) is 12.4 Å². The zero-order valence-corrected chi connectivity index (χ0v) is 23.5. The SMILES string of the molecule is CCCCCCCCCCCCCCCCCCn1c(/C=C/c2ccccc2)nc2ccccc21.Cl. The number of para-hydroxylation sites is 2. The third kappa shape index (κ3) is 11.3. The number of hydrogen-bond donors (Lipinski definition) is 0. The molecule has 0 bridgehead atoms. The lowest BCUT2D eigenvalue weighted by Gasteiger charge is -2.07. The van der Waals surface area contributed by atoms with Gasteiger partial charge in [0, 0.05) is 6.54 Å². The van der Waals surface area contributed by atoms with Crippen LogP contribution in [0.4, 0.5) is 0 Å². The van der Waals surface area contributed by atoms with E-state index in [1.165, 1.54) is 114 Å². The van der Waals surface area contributed by atoms with Crippen LogP contribution in [0.1, 0.15) is 121 Å². The van der Waals surface area contributed by atoms with E-state index >= 15 is 0 Å². The van der Waals surface area contributed by atoms with Crippen LogP contribution in [0.5, 0.6) is 0 Å². The van der Waals surface area contributed by atoms with Crippen LogP contribution in [0, 0.1) is 0 Å². The van der Waals surface area contributed by atoms with Crippen molar-refractivity contribution in [3.05, 3.63) is 66.0 Å². The van der Waals surface area contributed by atoms with Gasteiger partial charge in [-0.05, 0) is 30.2 Å². The first kappa shape index (κ1) is 30.2. The Kier molecular flexibility index (Phi) is 16.0. The Morgan fingerprint density at radius 3 is 1.67 bits per heavy atom. The summed E-state index contributed by atoms with van der Waals surface area (Å²) in [6.07, 6.45) is 26.9. The Balaban J connectivity index is 0.00000456. The van der Waals surface area contributed by atoms with Crippen LogP contribution in [-0.4, -0.2) is 9.55 Å². The topological polar surface area (TPSA) is 17.8 Å². The first-order valence-corrected chi connectivity index (χ1v) is 14.6. The first-order valence-electron chi connectivity index (χ1n) is 14.6. The van der Waals surface area contributed by atoms with Gasteiger partial charge in [-0.2, -0.15) is 0 Å². The highest BCUT2D eigenvalue weighted by Crippen LogP contribution is 2.20. The van der Waals surface area contributed by atoms with E-state index in [0.717, 1.165) is 17.9 Å². The van der Waals surface area contributed by atoms with Crippen molar-refractivity contribution in [2.24, 2.45) is 0 Å². The summed E-state index contributed by atoms with van der Waals surface area (Å²) in [7, 11) is 0. The van der Waals surface area contributed by atoms with Gasteiger partial charge in [0.15, 0.2) is 0 Å². The molecular weight excluding hydrogens is 460 g/mol. The number of imidazole rings is 1. The lowest BCUT2D eigenvalue weighted by molar-refractivity contribution is 0.522. The quantitative estimate of drug-likeness (QED) is 0.147. The third-order valence-electron chi connectivity index (χ3n) is 7.14. The number of hydrogen-bond acceptors (Lipinski definition) is 1. The van der Waals surface area contributed by atoms with Crippen LogP contribution in [0.25, 0.3) is 23.2 Å². The highest BCUT2D eigenvalue weighted by Gasteiger charge is 2.07. The molecule has 2 nitrogen and oxygen atoms in total. The van der Waals surface area contributed by atoms with Gasteiger partial charge in [0.2, 0.25) is 0 Å². The van der Waals surface area contributed by atoms with Crippen LogP contribution in [0.15, 0.2) is 54.6 Å². The van der Waals surface area contributed by atoms with E-state index < -0.39 is 0 Å². The van der Waals surface area contributed by atoms with Gasteiger partial charge in [0.05, 0.1) is 11.0 Å². The monoisotopic (exact) mass is 508 g/mol. The van der Waals surface area contributed by atoms with E-state index in [1.807, 2.05) is 0 Å². The number of fused-ring (bicyclic) bond motifs is 1. The Morgan fingerprint density at radius 1 is 0.583 bits per heavy atom. The average molecular weight is 509 g/mol. The Labute approximate surface area is 227 Å². The number of rotatable bonds is 19. The van der Waals surface area contributed by atoms with Crippen molar-refractivity contribution in [2.75, 3.05) is 0 Å². The minimum Gasteiger partial charge on any atom is -0.324 e. The van der Waals surface area contributed by atoms with Crippen molar-refractivity contribution in [1.29, 1.82) is 0 Å². The van der Waals surface area contributed by atoms with Gasteiger partial charge >= 0.3 is 0 Å². The fraction of sp³-hybridized carbons (Fsp3) is 0.545. The van der Waals surface area contributed by atoms with Gasteiger partial charge in [-0.1, -0.05) is 152 Å². The molecule has 0 radical (unpaired) electrons. The van der Waals surface area contributed by atoms with Gasteiger partial charge in [0.25, 0.3) is 0 Å². The predicted molar refractivity (Wildman–Crippen MR) is 162 cm³/mol. The normalized spacial score (nSPS) is 11.4. The molecule has 0 aliphatic heterocycles. The molecule has 0 N–H and O–H groups in total. The second kappa shape index (κ2) is 19.1. The molecule has 1 aromatic heterocycles. The molecule has 0 aliphatic carbocycles. The number of aryl methyl sites for hydroxylation is 1. The summed E-state index contributed by atoms with van der Waals surface area (Å²) < 4.78 is 2.40. The minimum absolute atomic E-state index is 0. The van der Waals surface area contributed by atoms with Crippen LogP contribution >= 0.6 is 12.4 Å². The van der Waals surface area contributed by atoms with Crippen LogP contribution in [0.3, 0.4) is 0 Å². The summed E-state index contributed by atoms with van der Waals surface area (Å²) in [6.45, 7) is 3.35. The molecule has 0 saturated heterocycles. The summed E-state index contributed by atoms with van der Waals surface area (Å²) in [4.78, 5) is 4.90. The molecule has 0 aliphatic rings. The number of unbranched alkanes of at least 4 members (excludes halogenated alkanes) is 15. The van der Waals surface area contributed by atoms with Gasteiger partial charge in [-0.25, -0.2) is 4.98 Å². The van der Waals surface area contributed by atoms with Crippen LogP contribution in [0.2, 0.25) is 0 Å². The molecule has 1 heterocycles. The second-order valence-electron chi connectivity index (χ2n) is 10.2. The van der Waals surface area contributed by atoms with Gasteiger partial charge < -0.3 is 4.57 Å². The first-order chi connectivity index (χ1) is 17.4. The average Bonchev–Trinajstić information content (AvgIpc) is 3.25. The molecular formula is C33H49ClN2. The molecule has 0 unspecified atom stereocenters. The van der Waals surface area contributed by atoms with E-state index in [4.69, 9.17) is 4.98 Å². The molecule has 0 amide bonds. The molecule has 0 spiro atoms. The van der Waals surface area contributed by atoms with E-state index in [0.29, 0.717) is 0 Å². The maximum atomic E-state index is 4.90. The summed E-state index contributed by atoms with van der Waals surface area (Å²) in [5, 5.41) is 0. The van der Waals surface area contributed by atoms with Crippen molar-refractivity contribution in [1.82, 2.24) is 9.55 Å². The van der Waals surface area contributed by atoms with Crippen molar-refractivity contribution in [3.8, 4) is 0 Å². The van der Waals surface area contributed by atoms with Crippen LogP contribution < -0.4 is 0 Å². The fourth-order valence-corrected chi connectivity index (χ4v) is 5.01. The Bertz CT molecular complexity index is 960.